The highest BCUT2D eigenvalue weighted by Gasteiger charge is 2.44. The Balaban J connectivity index is 2.26. The molecular formula is C25H30O4. The molecule has 2 aromatic carbocycles. The molecular weight excluding hydrogens is 364 g/mol. The fraction of sp³-hybridized carbons (Fsp3) is 0.360. The van der Waals surface area contributed by atoms with Crippen LogP contribution in [0.1, 0.15) is 60.7 Å². The van der Waals surface area contributed by atoms with Crippen molar-refractivity contribution in [3.8, 4) is 0 Å². The van der Waals surface area contributed by atoms with E-state index in [2.05, 4.69) is 6.58 Å². The Morgan fingerprint density at radius 3 is 1.76 bits per heavy atom. The number of hydrogen-bond acceptors (Lipinski definition) is 4. The second kappa shape index (κ2) is 10.6. The van der Waals surface area contributed by atoms with Crippen LogP contribution in [0.4, 0.5) is 0 Å². The summed E-state index contributed by atoms with van der Waals surface area (Å²) in [5, 5.41) is 0. The molecule has 2 atom stereocenters. The summed E-state index contributed by atoms with van der Waals surface area (Å²) in [4.78, 5) is 25.3. The third-order valence-corrected chi connectivity index (χ3v) is 5.70. The summed E-state index contributed by atoms with van der Waals surface area (Å²) >= 11 is 0. The molecule has 0 saturated heterocycles. The number of benzene rings is 2. The van der Waals surface area contributed by atoms with E-state index in [9.17, 15) is 9.59 Å². The number of esters is 2. The Morgan fingerprint density at radius 2 is 1.34 bits per heavy atom. The standard InChI is InChI=1S/C25H30O4/c1-5-14-22(29-24(27)21-17-12-9-13-18-21)25(6-2,7-3)19(4)28-23(26)20-15-10-8-11-16-20/h5,8-13,15-19,22H,1,6-7,14H2,2-4H3. The van der Waals surface area contributed by atoms with Crippen LogP contribution in [0.3, 0.4) is 0 Å². The van der Waals surface area contributed by atoms with E-state index in [1.807, 2.05) is 32.9 Å². The zero-order chi connectivity index (χ0) is 21.3. The highest BCUT2D eigenvalue weighted by molar-refractivity contribution is 5.90. The van der Waals surface area contributed by atoms with Gasteiger partial charge < -0.3 is 9.47 Å². The summed E-state index contributed by atoms with van der Waals surface area (Å²) in [6.07, 6.45) is 2.70. The quantitative estimate of drug-likeness (QED) is 0.375. The monoisotopic (exact) mass is 394 g/mol. The van der Waals surface area contributed by atoms with Crippen molar-refractivity contribution in [2.24, 2.45) is 5.41 Å². The molecule has 0 radical (unpaired) electrons. The Hall–Kier alpha value is -2.88. The lowest BCUT2D eigenvalue weighted by Crippen LogP contribution is -2.47. The van der Waals surface area contributed by atoms with E-state index in [4.69, 9.17) is 9.47 Å². The van der Waals surface area contributed by atoms with Gasteiger partial charge in [-0.1, -0.05) is 56.3 Å². The fourth-order valence-electron chi connectivity index (χ4n) is 3.79. The van der Waals surface area contributed by atoms with Crippen LogP contribution >= 0.6 is 0 Å². The molecule has 4 nitrogen and oxygen atoms in total. The van der Waals surface area contributed by atoms with E-state index in [1.54, 1.807) is 54.6 Å². The Morgan fingerprint density at radius 1 is 0.897 bits per heavy atom. The van der Waals surface area contributed by atoms with Gasteiger partial charge in [-0.2, -0.15) is 0 Å². The molecule has 4 heteroatoms. The average Bonchev–Trinajstić information content (AvgIpc) is 2.76. The summed E-state index contributed by atoms with van der Waals surface area (Å²) in [5.74, 6) is -0.763. The summed E-state index contributed by atoms with van der Waals surface area (Å²) in [7, 11) is 0. The van der Waals surface area contributed by atoms with Gasteiger partial charge in [-0.3, -0.25) is 0 Å². The first-order valence-corrected chi connectivity index (χ1v) is 10.1. The van der Waals surface area contributed by atoms with Gasteiger partial charge in [0.25, 0.3) is 0 Å². The minimum atomic E-state index is -0.525. The van der Waals surface area contributed by atoms with Gasteiger partial charge >= 0.3 is 11.9 Å². The van der Waals surface area contributed by atoms with Crippen LogP contribution in [0.15, 0.2) is 73.3 Å². The van der Waals surface area contributed by atoms with Crippen molar-refractivity contribution in [3.63, 3.8) is 0 Å². The minimum Gasteiger partial charge on any atom is -0.458 e. The molecule has 2 unspecified atom stereocenters. The molecule has 0 heterocycles. The van der Waals surface area contributed by atoms with Gasteiger partial charge in [0.1, 0.15) is 12.2 Å². The van der Waals surface area contributed by atoms with E-state index < -0.39 is 17.6 Å². The van der Waals surface area contributed by atoms with Crippen molar-refractivity contribution >= 4 is 11.9 Å². The highest BCUT2D eigenvalue weighted by Crippen LogP contribution is 2.40. The summed E-state index contributed by atoms with van der Waals surface area (Å²) in [6, 6.07) is 17.8. The molecule has 0 saturated carbocycles. The van der Waals surface area contributed by atoms with Crippen molar-refractivity contribution < 1.29 is 19.1 Å². The van der Waals surface area contributed by atoms with Crippen LogP contribution in [-0.4, -0.2) is 24.1 Å². The van der Waals surface area contributed by atoms with E-state index in [1.165, 1.54) is 0 Å². The average molecular weight is 395 g/mol. The van der Waals surface area contributed by atoms with Crippen molar-refractivity contribution in [1.82, 2.24) is 0 Å². The molecule has 2 rings (SSSR count). The normalized spacial score (nSPS) is 13.2. The maximum Gasteiger partial charge on any atom is 0.338 e. The predicted molar refractivity (Wildman–Crippen MR) is 115 cm³/mol. The minimum absolute atomic E-state index is 0.379. The number of carbonyl (C=O) groups excluding carboxylic acids is 2. The Bertz CT molecular complexity index is 794. The van der Waals surface area contributed by atoms with Gasteiger partial charge in [0.2, 0.25) is 0 Å². The van der Waals surface area contributed by atoms with Crippen LogP contribution in [0.2, 0.25) is 0 Å². The molecule has 0 aliphatic rings. The van der Waals surface area contributed by atoms with Crippen LogP contribution in [0, 0.1) is 5.41 Å². The molecule has 0 N–H and O–H groups in total. The molecule has 29 heavy (non-hydrogen) atoms. The Kier molecular flexibility index (Phi) is 8.20. The Labute approximate surface area is 173 Å². The van der Waals surface area contributed by atoms with Crippen LogP contribution in [0.5, 0.6) is 0 Å². The van der Waals surface area contributed by atoms with Crippen molar-refractivity contribution in [1.29, 1.82) is 0 Å². The lowest BCUT2D eigenvalue weighted by Gasteiger charge is -2.42. The number of ether oxygens (including phenoxy) is 2. The third kappa shape index (κ3) is 5.35. The van der Waals surface area contributed by atoms with E-state index in [0.717, 1.165) is 0 Å². The molecule has 0 aliphatic carbocycles. The highest BCUT2D eigenvalue weighted by atomic mass is 16.6. The number of rotatable bonds is 10. The van der Waals surface area contributed by atoms with Crippen LogP contribution in [0.25, 0.3) is 0 Å². The zero-order valence-electron chi connectivity index (χ0n) is 17.5. The molecule has 0 amide bonds. The van der Waals surface area contributed by atoms with Crippen molar-refractivity contribution in [2.45, 2.75) is 52.2 Å². The van der Waals surface area contributed by atoms with Gasteiger partial charge in [0.15, 0.2) is 0 Å². The predicted octanol–water partition coefficient (Wildman–Crippen LogP) is 5.84. The zero-order valence-corrected chi connectivity index (χ0v) is 17.5. The van der Waals surface area contributed by atoms with E-state index in [0.29, 0.717) is 30.4 Å². The molecule has 0 spiro atoms. The second-order valence-corrected chi connectivity index (χ2v) is 7.14. The van der Waals surface area contributed by atoms with E-state index in [-0.39, 0.29) is 11.9 Å². The first kappa shape index (κ1) is 22.4. The smallest absolute Gasteiger partial charge is 0.338 e. The first-order chi connectivity index (χ1) is 14.0. The summed E-state index contributed by atoms with van der Waals surface area (Å²) < 4.78 is 11.8. The fourth-order valence-corrected chi connectivity index (χ4v) is 3.79. The molecule has 154 valence electrons. The molecule has 2 aromatic rings. The lowest BCUT2D eigenvalue weighted by atomic mass is 9.71. The van der Waals surface area contributed by atoms with Gasteiger partial charge in [-0.15, -0.1) is 6.58 Å². The molecule has 0 aliphatic heterocycles. The van der Waals surface area contributed by atoms with Gasteiger partial charge in [-0.05, 0) is 44.0 Å². The number of carbonyl (C=O) groups is 2. The molecule has 0 bridgehead atoms. The lowest BCUT2D eigenvalue weighted by molar-refractivity contribution is -0.0857. The summed E-state index contributed by atoms with van der Waals surface area (Å²) in [6.45, 7) is 9.77. The van der Waals surface area contributed by atoms with Gasteiger partial charge in [-0.25, -0.2) is 9.59 Å². The maximum atomic E-state index is 12.7. The van der Waals surface area contributed by atoms with Crippen LogP contribution in [-0.2, 0) is 9.47 Å². The van der Waals surface area contributed by atoms with Gasteiger partial charge in [0, 0.05) is 11.8 Å². The topological polar surface area (TPSA) is 52.6 Å². The van der Waals surface area contributed by atoms with Crippen molar-refractivity contribution in [3.05, 3.63) is 84.4 Å². The SMILES string of the molecule is C=CCC(OC(=O)c1ccccc1)C(CC)(CC)C(C)OC(=O)c1ccccc1. The van der Waals surface area contributed by atoms with E-state index >= 15 is 0 Å². The number of hydrogen-bond donors (Lipinski definition) is 0. The first-order valence-electron chi connectivity index (χ1n) is 10.1. The van der Waals surface area contributed by atoms with Crippen LogP contribution < -0.4 is 0 Å². The molecule has 0 aromatic heterocycles. The third-order valence-electron chi connectivity index (χ3n) is 5.70. The second-order valence-electron chi connectivity index (χ2n) is 7.14. The van der Waals surface area contributed by atoms with Gasteiger partial charge in [0.05, 0.1) is 11.1 Å². The van der Waals surface area contributed by atoms with Crippen molar-refractivity contribution in [2.75, 3.05) is 0 Å². The molecule has 0 fully saturated rings. The summed E-state index contributed by atoms with van der Waals surface area (Å²) in [5.41, 5.74) is 0.474. The largest absolute Gasteiger partial charge is 0.458 e. The maximum absolute atomic E-state index is 12.7.